The summed E-state index contributed by atoms with van der Waals surface area (Å²) in [6, 6.07) is 2.66. The Balaban J connectivity index is 1.77. The van der Waals surface area contributed by atoms with Gasteiger partial charge in [0.25, 0.3) is 0 Å². The molecule has 1 amide bonds. The predicted octanol–water partition coefficient (Wildman–Crippen LogP) is 2.44. The minimum absolute atomic E-state index is 0.125. The van der Waals surface area contributed by atoms with E-state index in [1.54, 1.807) is 11.3 Å². The Labute approximate surface area is 114 Å². The molecule has 0 aromatic carbocycles. The van der Waals surface area contributed by atoms with Gasteiger partial charge < -0.3 is 11.1 Å². The molecule has 0 spiro atoms. The molecule has 2 rings (SSSR count). The third kappa shape index (κ3) is 4.08. The Bertz CT molecular complexity index is 386. The molecule has 1 saturated carbocycles. The van der Waals surface area contributed by atoms with Gasteiger partial charge in [0.1, 0.15) is 0 Å². The van der Waals surface area contributed by atoms with Crippen LogP contribution in [0.25, 0.3) is 0 Å². The van der Waals surface area contributed by atoms with Crippen LogP contribution < -0.4 is 11.1 Å². The summed E-state index contributed by atoms with van der Waals surface area (Å²) < 4.78 is 1.05. The molecule has 1 aromatic heterocycles. The Morgan fingerprint density at radius 3 is 2.76 bits per heavy atom. The monoisotopic (exact) mass is 316 g/mol. The van der Waals surface area contributed by atoms with E-state index in [0.717, 1.165) is 35.0 Å². The smallest absolute Gasteiger partial charge is 0.225 e. The molecule has 0 bridgehead atoms. The number of nitrogens with one attached hydrogen (secondary N) is 1. The second-order valence-electron chi connectivity index (χ2n) is 4.59. The molecule has 1 aromatic rings. The molecular formula is C12H17BrN2OS. The van der Waals surface area contributed by atoms with Gasteiger partial charge in [-0.3, -0.25) is 4.79 Å². The lowest BCUT2D eigenvalue weighted by atomic mass is 9.92. The van der Waals surface area contributed by atoms with Crippen molar-refractivity contribution < 1.29 is 4.79 Å². The van der Waals surface area contributed by atoms with Crippen molar-refractivity contribution in [1.82, 2.24) is 5.32 Å². The number of carbonyl (C=O) groups excluding carboxylic acids is 1. The number of carbonyl (C=O) groups is 1. The first kappa shape index (κ1) is 13.1. The van der Waals surface area contributed by atoms with Gasteiger partial charge in [-0.15, -0.1) is 11.3 Å². The highest BCUT2D eigenvalue weighted by atomic mass is 79.9. The number of amides is 1. The van der Waals surface area contributed by atoms with Gasteiger partial charge in [-0.25, -0.2) is 0 Å². The van der Waals surface area contributed by atoms with Gasteiger partial charge in [-0.05, 0) is 47.7 Å². The summed E-state index contributed by atoms with van der Waals surface area (Å²) in [5.41, 5.74) is 5.84. The third-order valence-electron chi connectivity index (χ3n) is 3.09. The molecular weight excluding hydrogens is 300 g/mol. The molecule has 5 heteroatoms. The maximum Gasteiger partial charge on any atom is 0.225 e. The second kappa shape index (κ2) is 5.98. The Morgan fingerprint density at radius 2 is 2.18 bits per heavy atom. The fourth-order valence-electron chi connectivity index (χ4n) is 2.15. The summed E-state index contributed by atoms with van der Waals surface area (Å²) in [4.78, 5) is 12.9. The van der Waals surface area contributed by atoms with Crippen LogP contribution >= 0.6 is 27.3 Å². The molecule has 1 aliphatic rings. The first-order valence-electron chi connectivity index (χ1n) is 5.91. The molecule has 0 unspecified atom stereocenters. The quantitative estimate of drug-likeness (QED) is 0.900. The fraction of sp³-hybridized carbons (Fsp3) is 0.583. The number of rotatable bonds is 3. The summed E-state index contributed by atoms with van der Waals surface area (Å²) in [5, 5.41) is 5.10. The minimum atomic E-state index is 0.125. The standard InChI is InChI=1S/C12H17BrN2OS/c13-8-5-11(17-7-8)6-12(16)15-10-3-1-9(14)2-4-10/h5,7,9-10H,1-4,6,14H2,(H,15,16). The molecule has 3 nitrogen and oxygen atoms in total. The Kier molecular flexibility index (Phi) is 4.59. The van der Waals surface area contributed by atoms with Crippen LogP contribution in [0.4, 0.5) is 0 Å². The van der Waals surface area contributed by atoms with Crippen molar-refractivity contribution in [1.29, 1.82) is 0 Å². The minimum Gasteiger partial charge on any atom is -0.353 e. The zero-order chi connectivity index (χ0) is 12.3. The molecule has 1 heterocycles. The van der Waals surface area contributed by atoms with Crippen molar-refractivity contribution in [2.24, 2.45) is 5.73 Å². The molecule has 94 valence electrons. The number of nitrogens with two attached hydrogens (primary N) is 1. The zero-order valence-electron chi connectivity index (χ0n) is 9.62. The average Bonchev–Trinajstić information content (AvgIpc) is 2.67. The molecule has 0 atom stereocenters. The average molecular weight is 317 g/mol. The van der Waals surface area contributed by atoms with Crippen LogP contribution in [0, 0.1) is 0 Å². The van der Waals surface area contributed by atoms with E-state index in [4.69, 9.17) is 5.73 Å². The van der Waals surface area contributed by atoms with Crippen LogP contribution in [-0.2, 0) is 11.2 Å². The molecule has 0 radical (unpaired) electrons. The van der Waals surface area contributed by atoms with E-state index in [2.05, 4.69) is 21.2 Å². The van der Waals surface area contributed by atoms with Crippen LogP contribution in [0.3, 0.4) is 0 Å². The Morgan fingerprint density at radius 1 is 1.47 bits per heavy atom. The molecule has 17 heavy (non-hydrogen) atoms. The summed E-state index contributed by atoms with van der Waals surface area (Å²) in [6.07, 6.45) is 4.56. The van der Waals surface area contributed by atoms with Crippen molar-refractivity contribution in [2.75, 3.05) is 0 Å². The van der Waals surface area contributed by atoms with E-state index >= 15 is 0 Å². The largest absolute Gasteiger partial charge is 0.353 e. The van der Waals surface area contributed by atoms with E-state index in [-0.39, 0.29) is 5.91 Å². The maximum absolute atomic E-state index is 11.8. The summed E-state index contributed by atoms with van der Waals surface area (Å²) >= 11 is 5.00. The van der Waals surface area contributed by atoms with Gasteiger partial charge in [0.05, 0.1) is 6.42 Å². The van der Waals surface area contributed by atoms with Crippen molar-refractivity contribution in [3.8, 4) is 0 Å². The number of halogens is 1. The number of hydrogen-bond donors (Lipinski definition) is 2. The SMILES string of the molecule is NC1CCC(NC(=O)Cc2cc(Br)cs2)CC1. The van der Waals surface area contributed by atoms with Gasteiger partial charge in [-0.1, -0.05) is 0 Å². The lowest BCUT2D eigenvalue weighted by Gasteiger charge is -2.26. The lowest BCUT2D eigenvalue weighted by molar-refractivity contribution is -0.121. The first-order valence-corrected chi connectivity index (χ1v) is 7.58. The van der Waals surface area contributed by atoms with E-state index in [0.29, 0.717) is 18.5 Å². The maximum atomic E-state index is 11.8. The normalized spacial score (nSPS) is 24.6. The van der Waals surface area contributed by atoms with Gasteiger partial charge in [0.15, 0.2) is 0 Å². The van der Waals surface area contributed by atoms with Gasteiger partial charge in [0, 0.05) is 26.8 Å². The third-order valence-corrected chi connectivity index (χ3v) is 4.79. The predicted molar refractivity (Wildman–Crippen MR) is 74.1 cm³/mol. The molecule has 1 fully saturated rings. The number of thiophene rings is 1. The van der Waals surface area contributed by atoms with E-state index in [1.807, 2.05) is 11.4 Å². The van der Waals surface area contributed by atoms with E-state index in [9.17, 15) is 4.79 Å². The van der Waals surface area contributed by atoms with E-state index < -0.39 is 0 Å². The first-order chi connectivity index (χ1) is 8.13. The van der Waals surface area contributed by atoms with Crippen molar-refractivity contribution in [2.45, 2.75) is 44.2 Å². The van der Waals surface area contributed by atoms with Crippen molar-refractivity contribution >= 4 is 33.2 Å². The second-order valence-corrected chi connectivity index (χ2v) is 6.50. The highest BCUT2D eigenvalue weighted by molar-refractivity contribution is 9.10. The van der Waals surface area contributed by atoms with Gasteiger partial charge in [-0.2, -0.15) is 0 Å². The molecule has 3 N–H and O–H groups in total. The van der Waals surface area contributed by atoms with Gasteiger partial charge in [0.2, 0.25) is 5.91 Å². The highest BCUT2D eigenvalue weighted by Gasteiger charge is 2.20. The van der Waals surface area contributed by atoms with Crippen LogP contribution in [0.15, 0.2) is 15.9 Å². The zero-order valence-corrected chi connectivity index (χ0v) is 12.0. The molecule has 1 aliphatic carbocycles. The van der Waals surface area contributed by atoms with Crippen LogP contribution in [0.1, 0.15) is 30.6 Å². The van der Waals surface area contributed by atoms with Crippen molar-refractivity contribution in [3.63, 3.8) is 0 Å². The molecule has 0 aliphatic heterocycles. The summed E-state index contributed by atoms with van der Waals surface area (Å²) in [6.45, 7) is 0. The fourth-order valence-corrected chi connectivity index (χ4v) is 3.60. The van der Waals surface area contributed by atoms with Gasteiger partial charge >= 0.3 is 0 Å². The van der Waals surface area contributed by atoms with E-state index in [1.165, 1.54) is 0 Å². The lowest BCUT2D eigenvalue weighted by Crippen LogP contribution is -2.40. The molecule has 0 saturated heterocycles. The summed E-state index contributed by atoms with van der Waals surface area (Å²) in [5.74, 6) is 0.125. The Hall–Kier alpha value is -0.390. The highest BCUT2D eigenvalue weighted by Crippen LogP contribution is 2.21. The summed E-state index contributed by atoms with van der Waals surface area (Å²) in [7, 11) is 0. The van der Waals surface area contributed by atoms with Crippen LogP contribution in [0.2, 0.25) is 0 Å². The topological polar surface area (TPSA) is 55.1 Å². The van der Waals surface area contributed by atoms with Crippen LogP contribution in [-0.4, -0.2) is 18.0 Å². The van der Waals surface area contributed by atoms with Crippen LogP contribution in [0.5, 0.6) is 0 Å². The number of hydrogen-bond acceptors (Lipinski definition) is 3. The van der Waals surface area contributed by atoms with Crippen molar-refractivity contribution in [3.05, 3.63) is 20.8 Å².